The average Bonchev–Trinajstić information content (AvgIpc) is 3.54. The molecule has 1 aromatic heterocycles. The molecule has 1 unspecified atom stereocenters. The van der Waals surface area contributed by atoms with Crippen LogP contribution >= 0.6 is 0 Å². The number of ketones is 1. The van der Waals surface area contributed by atoms with E-state index in [-0.39, 0.29) is 18.9 Å². The molecule has 0 saturated carbocycles. The van der Waals surface area contributed by atoms with E-state index in [2.05, 4.69) is 15.7 Å². The van der Waals surface area contributed by atoms with E-state index in [1.54, 1.807) is 54.7 Å². The number of fused-ring (bicyclic) bond motifs is 1. The monoisotopic (exact) mass is 520 g/mol. The fourth-order valence-electron chi connectivity index (χ4n) is 4.52. The molecule has 0 bridgehead atoms. The number of nitrogens with one attached hydrogen (secondary N) is 2. The third-order valence-electron chi connectivity index (χ3n) is 6.40. The first-order valence-electron chi connectivity index (χ1n) is 11.8. The van der Waals surface area contributed by atoms with Gasteiger partial charge in [-0.1, -0.05) is 36.4 Å². The molecule has 0 spiro atoms. The summed E-state index contributed by atoms with van der Waals surface area (Å²) in [4.78, 5) is 26.0. The van der Waals surface area contributed by atoms with Crippen LogP contribution in [0.1, 0.15) is 38.8 Å². The van der Waals surface area contributed by atoms with Crippen LogP contribution in [0.4, 0.5) is 18.9 Å². The van der Waals surface area contributed by atoms with E-state index in [9.17, 15) is 22.8 Å². The number of anilines is 1. The number of carbonyl (C=O) groups is 2. The summed E-state index contributed by atoms with van der Waals surface area (Å²) >= 11 is 0. The van der Waals surface area contributed by atoms with Gasteiger partial charge in [0.2, 0.25) is 0 Å². The highest BCUT2D eigenvalue weighted by Gasteiger charge is 2.30. The maximum Gasteiger partial charge on any atom is 0.416 e. The molecule has 0 fully saturated rings. The van der Waals surface area contributed by atoms with Crippen molar-refractivity contribution in [3.8, 4) is 11.1 Å². The molecule has 3 aromatic carbocycles. The summed E-state index contributed by atoms with van der Waals surface area (Å²) < 4.78 is 40.3. The molecule has 194 valence electrons. The summed E-state index contributed by atoms with van der Waals surface area (Å²) in [6.45, 7) is 0.296. The van der Waals surface area contributed by atoms with Crippen molar-refractivity contribution in [2.75, 3.05) is 5.32 Å². The second-order valence-corrected chi connectivity index (χ2v) is 8.93. The number of rotatable bonds is 7. The van der Waals surface area contributed by atoms with Gasteiger partial charge in [-0.3, -0.25) is 19.6 Å². The summed E-state index contributed by atoms with van der Waals surface area (Å²) in [5.41, 5.74) is 3.26. The lowest BCUT2D eigenvalue weighted by atomic mass is 9.97. The molecule has 1 amide bonds. The van der Waals surface area contributed by atoms with Gasteiger partial charge >= 0.3 is 6.18 Å². The van der Waals surface area contributed by atoms with E-state index in [0.29, 0.717) is 34.6 Å². The lowest BCUT2D eigenvalue weighted by molar-refractivity contribution is -0.137. The molecular weight excluding hydrogens is 497 g/mol. The van der Waals surface area contributed by atoms with Crippen molar-refractivity contribution in [1.82, 2.24) is 15.1 Å². The normalized spacial score (nSPS) is 14.8. The number of benzene rings is 3. The minimum Gasteiger partial charge on any atom is -0.390 e. The number of aliphatic hydroxyl groups excluding tert-OH is 1. The summed E-state index contributed by atoms with van der Waals surface area (Å²) in [5, 5.41) is 19.3. The summed E-state index contributed by atoms with van der Waals surface area (Å²) in [5.74, 6) is -0.490. The highest BCUT2D eigenvalue weighted by molar-refractivity contribution is 6.08. The molecule has 2 heterocycles. The molecular formula is C28H23F3N4O3. The van der Waals surface area contributed by atoms with Crippen molar-refractivity contribution in [1.29, 1.82) is 0 Å². The Kier molecular flexibility index (Phi) is 6.83. The molecule has 0 aliphatic carbocycles. The Morgan fingerprint density at radius 2 is 1.82 bits per heavy atom. The van der Waals surface area contributed by atoms with Gasteiger partial charge in [0.1, 0.15) is 6.54 Å². The third kappa shape index (κ3) is 5.22. The standard InChI is InChI=1S/C28H23F3N4O3/c29-28(30,31)19-7-5-17(6-8-19)22-3-1-2-4-24(22)27(38)33-20-9-10-23-18(13-20)14-32-26(23)25(37)15-35-12-11-21(16-36)34-35/h1-13,26,32,36H,14-16H2,(H,33,38). The first-order valence-corrected chi connectivity index (χ1v) is 11.8. The van der Waals surface area contributed by atoms with Crippen LogP contribution in [0.15, 0.2) is 79.0 Å². The number of nitrogens with zero attached hydrogens (tertiary/aromatic N) is 2. The van der Waals surface area contributed by atoms with E-state index < -0.39 is 23.7 Å². The molecule has 1 aliphatic rings. The third-order valence-corrected chi connectivity index (χ3v) is 6.40. The van der Waals surface area contributed by atoms with Crippen molar-refractivity contribution in [3.05, 3.63) is 107 Å². The van der Waals surface area contributed by atoms with E-state index in [1.807, 2.05) is 0 Å². The van der Waals surface area contributed by atoms with Gasteiger partial charge in [-0.05, 0) is 58.7 Å². The lowest BCUT2D eigenvalue weighted by Crippen LogP contribution is -2.26. The Bertz CT molecular complexity index is 1500. The first kappa shape index (κ1) is 25.4. The Hall–Kier alpha value is -4.28. The highest BCUT2D eigenvalue weighted by atomic mass is 19.4. The van der Waals surface area contributed by atoms with Gasteiger partial charge < -0.3 is 10.4 Å². The fourth-order valence-corrected chi connectivity index (χ4v) is 4.52. The van der Waals surface area contributed by atoms with E-state index in [4.69, 9.17) is 5.11 Å². The molecule has 0 saturated heterocycles. The number of carbonyl (C=O) groups excluding carboxylic acids is 2. The molecule has 5 rings (SSSR count). The average molecular weight is 521 g/mol. The smallest absolute Gasteiger partial charge is 0.390 e. The fraction of sp³-hybridized carbons (Fsp3) is 0.179. The SMILES string of the molecule is O=C(Nc1ccc2c(c1)CNC2C(=O)Cn1ccc(CO)n1)c1ccccc1-c1ccc(C(F)(F)F)cc1. The van der Waals surface area contributed by atoms with Crippen LogP contribution in [0, 0.1) is 0 Å². The summed E-state index contributed by atoms with van der Waals surface area (Å²) in [6, 6.07) is 17.8. The molecule has 0 radical (unpaired) electrons. The van der Waals surface area contributed by atoms with Crippen molar-refractivity contribution in [2.24, 2.45) is 0 Å². The minimum atomic E-state index is -4.44. The number of Topliss-reactive ketones (excluding diaryl/α,β-unsaturated/α-hetero) is 1. The molecule has 10 heteroatoms. The van der Waals surface area contributed by atoms with E-state index in [0.717, 1.165) is 23.3 Å². The Labute approximate surface area is 215 Å². The van der Waals surface area contributed by atoms with E-state index in [1.165, 1.54) is 16.8 Å². The van der Waals surface area contributed by atoms with Gasteiger partial charge in [-0.2, -0.15) is 18.3 Å². The van der Waals surface area contributed by atoms with Gasteiger partial charge in [0.15, 0.2) is 5.78 Å². The van der Waals surface area contributed by atoms with Gasteiger partial charge in [-0.15, -0.1) is 0 Å². The van der Waals surface area contributed by atoms with Gasteiger partial charge in [0.05, 0.1) is 23.9 Å². The van der Waals surface area contributed by atoms with Crippen LogP contribution in [0.5, 0.6) is 0 Å². The maximum absolute atomic E-state index is 13.1. The predicted octanol–water partition coefficient (Wildman–Crippen LogP) is 4.73. The summed E-state index contributed by atoms with van der Waals surface area (Å²) in [6.07, 6.45) is -2.80. The molecule has 4 aromatic rings. The van der Waals surface area contributed by atoms with Crippen molar-refractivity contribution in [3.63, 3.8) is 0 Å². The molecule has 1 atom stereocenters. The number of hydrogen-bond donors (Lipinski definition) is 3. The van der Waals surface area contributed by atoms with Crippen LogP contribution < -0.4 is 10.6 Å². The topological polar surface area (TPSA) is 96.2 Å². The molecule has 38 heavy (non-hydrogen) atoms. The quantitative estimate of drug-likeness (QED) is 0.328. The number of amides is 1. The Balaban J connectivity index is 1.31. The van der Waals surface area contributed by atoms with Crippen molar-refractivity contribution >= 4 is 17.4 Å². The maximum atomic E-state index is 13.1. The number of hydrogen-bond acceptors (Lipinski definition) is 5. The van der Waals surface area contributed by atoms with Crippen molar-refractivity contribution in [2.45, 2.75) is 31.9 Å². The van der Waals surface area contributed by atoms with Gasteiger partial charge in [0, 0.05) is 24.0 Å². The van der Waals surface area contributed by atoms with Gasteiger partial charge in [0.25, 0.3) is 5.91 Å². The van der Waals surface area contributed by atoms with E-state index >= 15 is 0 Å². The van der Waals surface area contributed by atoms with Crippen LogP contribution in [-0.2, 0) is 30.7 Å². The largest absolute Gasteiger partial charge is 0.416 e. The number of alkyl halides is 3. The van der Waals surface area contributed by atoms with Crippen LogP contribution in [0.25, 0.3) is 11.1 Å². The van der Waals surface area contributed by atoms with Crippen LogP contribution in [0.3, 0.4) is 0 Å². The zero-order valence-electron chi connectivity index (χ0n) is 20.0. The van der Waals surface area contributed by atoms with Crippen LogP contribution in [-0.4, -0.2) is 26.6 Å². The number of aromatic nitrogens is 2. The van der Waals surface area contributed by atoms with Crippen LogP contribution in [0.2, 0.25) is 0 Å². The number of halogens is 3. The molecule has 7 nitrogen and oxygen atoms in total. The van der Waals surface area contributed by atoms with Crippen molar-refractivity contribution < 1.29 is 27.9 Å². The number of aliphatic hydroxyl groups is 1. The zero-order valence-corrected chi connectivity index (χ0v) is 20.0. The summed E-state index contributed by atoms with van der Waals surface area (Å²) in [7, 11) is 0. The Morgan fingerprint density at radius 3 is 2.53 bits per heavy atom. The van der Waals surface area contributed by atoms with Gasteiger partial charge in [-0.25, -0.2) is 0 Å². The highest BCUT2D eigenvalue weighted by Crippen LogP contribution is 2.33. The molecule has 3 N–H and O–H groups in total. The second kappa shape index (κ2) is 10.2. The minimum absolute atomic E-state index is 0.0519. The molecule has 1 aliphatic heterocycles. The first-order chi connectivity index (χ1) is 18.2. The Morgan fingerprint density at radius 1 is 1.05 bits per heavy atom. The zero-order chi connectivity index (χ0) is 26.9. The lowest BCUT2D eigenvalue weighted by Gasteiger charge is -2.13. The predicted molar refractivity (Wildman–Crippen MR) is 134 cm³/mol. The second-order valence-electron chi connectivity index (χ2n) is 8.93.